The Hall–Kier alpha value is -2.36. The molecular formula is C22H24O4. The highest BCUT2D eigenvalue weighted by Gasteiger charge is 2.48. The van der Waals surface area contributed by atoms with Crippen molar-refractivity contribution < 1.29 is 19.4 Å². The molecular weight excluding hydrogens is 328 g/mol. The summed E-state index contributed by atoms with van der Waals surface area (Å²) >= 11 is 0. The number of hydrogen-bond acceptors (Lipinski definition) is 4. The predicted octanol–water partition coefficient (Wildman–Crippen LogP) is 4.19. The number of aliphatic hydroxyl groups is 1. The molecule has 4 heteroatoms. The molecule has 0 aromatic heterocycles. The molecule has 2 aliphatic carbocycles. The summed E-state index contributed by atoms with van der Waals surface area (Å²) in [7, 11) is 0. The van der Waals surface area contributed by atoms with E-state index in [-0.39, 0.29) is 29.3 Å². The fraction of sp³-hybridized carbons (Fsp3) is 0.455. The third-order valence-corrected chi connectivity index (χ3v) is 5.88. The Kier molecular flexibility index (Phi) is 4.43. The molecule has 136 valence electrons. The number of fused-ring (bicyclic) bond motifs is 2. The first kappa shape index (κ1) is 17.1. The van der Waals surface area contributed by atoms with Crippen molar-refractivity contribution in [2.24, 2.45) is 5.92 Å². The number of carbonyl (C=O) groups is 2. The highest BCUT2D eigenvalue weighted by Crippen LogP contribution is 2.50. The summed E-state index contributed by atoms with van der Waals surface area (Å²) in [5.74, 6) is 0.267. The quantitative estimate of drug-likeness (QED) is 0.828. The summed E-state index contributed by atoms with van der Waals surface area (Å²) < 4.78 is 6.30. The van der Waals surface area contributed by atoms with Crippen LogP contribution in [0, 0.1) is 5.92 Å². The van der Waals surface area contributed by atoms with Gasteiger partial charge in [-0.05, 0) is 31.2 Å². The van der Waals surface area contributed by atoms with Gasteiger partial charge in [0.25, 0.3) is 0 Å². The van der Waals surface area contributed by atoms with Gasteiger partial charge in [0.05, 0.1) is 11.7 Å². The van der Waals surface area contributed by atoms with Crippen LogP contribution in [-0.2, 0) is 16.0 Å². The molecule has 1 N–H and O–H groups in total. The Balaban J connectivity index is 1.92. The number of ketones is 2. The van der Waals surface area contributed by atoms with Gasteiger partial charge in [-0.1, -0.05) is 24.3 Å². The Morgan fingerprint density at radius 2 is 2.04 bits per heavy atom. The number of rotatable bonds is 3. The zero-order valence-corrected chi connectivity index (χ0v) is 14.9. The molecule has 4 nitrogen and oxygen atoms in total. The number of Topliss-reactive ketones (excluding diaryl/α,β-unsaturated/α-hetero) is 2. The van der Waals surface area contributed by atoms with Crippen molar-refractivity contribution in [1.29, 1.82) is 0 Å². The standard InChI is InChI=1S/C22H24O4/c1-2-6-13-7-3-8-14-19(20-15(23)9-4-10-16(20)24)21-17(25)11-5-12-18(21)26-22(13)14/h2-3,7-8,18-19,21,23H,1,4-6,9-12H2/t18-,19+,21+/m1/s1. The first-order valence-electron chi connectivity index (χ1n) is 9.49. The zero-order valence-electron chi connectivity index (χ0n) is 14.9. The summed E-state index contributed by atoms with van der Waals surface area (Å²) in [5.41, 5.74) is 2.32. The lowest BCUT2D eigenvalue weighted by Crippen LogP contribution is -2.45. The van der Waals surface area contributed by atoms with Crippen LogP contribution < -0.4 is 4.74 Å². The molecule has 1 aliphatic heterocycles. The molecule has 3 aliphatic rings. The summed E-state index contributed by atoms with van der Waals surface area (Å²) in [6.45, 7) is 3.82. The van der Waals surface area contributed by atoms with Gasteiger partial charge in [-0.3, -0.25) is 9.59 Å². The fourth-order valence-electron chi connectivity index (χ4n) is 4.75. The van der Waals surface area contributed by atoms with E-state index >= 15 is 0 Å². The van der Waals surface area contributed by atoms with Gasteiger partial charge in [0.1, 0.15) is 17.6 Å². The molecule has 1 fully saturated rings. The van der Waals surface area contributed by atoms with Crippen LogP contribution in [0.3, 0.4) is 0 Å². The largest absolute Gasteiger partial charge is 0.512 e. The maximum atomic E-state index is 12.8. The first-order valence-corrected chi connectivity index (χ1v) is 9.49. The van der Waals surface area contributed by atoms with E-state index in [1.165, 1.54) is 0 Å². The van der Waals surface area contributed by atoms with Crippen LogP contribution in [0.1, 0.15) is 55.6 Å². The monoisotopic (exact) mass is 352 g/mol. The smallest absolute Gasteiger partial charge is 0.162 e. The topological polar surface area (TPSA) is 63.6 Å². The third-order valence-electron chi connectivity index (χ3n) is 5.88. The van der Waals surface area contributed by atoms with Gasteiger partial charge in [0.2, 0.25) is 0 Å². The minimum atomic E-state index is -0.394. The lowest BCUT2D eigenvalue weighted by molar-refractivity contribution is -0.130. The average Bonchev–Trinajstić information content (AvgIpc) is 2.62. The highest BCUT2D eigenvalue weighted by atomic mass is 16.5. The van der Waals surface area contributed by atoms with Crippen molar-refractivity contribution in [1.82, 2.24) is 0 Å². The molecule has 0 amide bonds. The molecule has 0 radical (unpaired) electrons. The Morgan fingerprint density at radius 1 is 1.19 bits per heavy atom. The van der Waals surface area contributed by atoms with Crippen molar-refractivity contribution in [3.63, 3.8) is 0 Å². The SMILES string of the molecule is C=CCc1cccc2c1O[C@@H]1CCCC(=O)[C@@H]1[C@@H]2C1=C(O)CCCC1=O. The summed E-state index contributed by atoms with van der Waals surface area (Å²) in [4.78, 5) is 25.5. The lowest BCUT2D eigenvalue weighted by atomic mass is 9.67. The molecule has 1 aromatic rings. The van der Waals surface area contributed by atoms with Crippen LogP contribution in [0.15, 0.2) is 42.2 Å². The van der Waals surface area contributed by atoms with Crippen molar-refractivity contribution in [3.8, 4) is 5.75 Å². The predicted molar refractivity (Wildman–Crippen MR) is 98.4 cm³/mol. The van der Waals surface area contributed by atoms with E-state index in [2.05, 4.69) is 6.58 Å². The van der Waals surface area contributed by atoms with Crippen LogP contribution in [-0.4, -0.2) is 22.8 Å². The molecule has 1 heterocycles. The molecule has 1 aromatic carbocycles. The third kappa shape index (κ3) is 2.68. The summed E-state index contributed by atoms with van der Waals surface area (Å²) in [6.07, 6.45) is 6.01. The zero-order chi connectivity index (χ0) is 18.3. The number of para-hydroxylation sites is 1. The van der Waals surface area contributed by atoms with E-state index in [1.807, 2.05) is 24.3 Å². The van der Waals surface area contributed by atoms with Gasteiger partial charge >= 0.3 is 0 Å². The molecule has 1 saturated carbocycles. The van der Waals surface area contributed by atoms with Gasteiger partial charge in [0, 0.05) is 36.3 Å². The van der Waals surface area contributed by atoms with E-state index in [9.17, 15) is 14.7 Å². The number of allylic oxidation sites excluding steroid dienone is 3. The van der Waals surface area contributed by atoms with Gasteiger partial charge < -0.3 is 9.84 Å². The Bertz CT molecular complexity index is 804. The van der Waals surface area contributed by atoms with E-state index < -0.39 is 5.92 Å². The number of aliphatic hydroxyl groups excluding tert-OH is 1. The van der Waals surface area contributed by atoms with Crippen LogP contribution in [0.25, 0.3) is 0 Å². The normalized spacial score (nSPS) is 28.2. The van der Waals surface area contributed by atoms with Crippen LogP contribution >= 0.6 is 0 Å². The number of carbonyl (C=O) groups excluding carboxylic acids is 2. The van der Waals surface area contributed by atoms with Gasteiger partial charge in [-0.25, -0.2) is 0 Å². The van der Waals surface area contributed by atoms with Crippen molar-refractivity contribution >= 4 is 11.6 Å². The lowest BCUT2D eigenvalue weighted by Gasteiger charge is -2.43. The Labute approximate surface area is 153 Å². The number of hydrogen-bond donors (Lipinski definition) is 1. The van der Waals surface area contributed by atoms with Crippen LogP contribution in [0.4, 0.5) is 0 Å². The molecule has 0 spiro atoms. The Morgan fingerprint density at radius 3 is 2.81 bits per heavy atom. The highest BCUT2D eigenvalue weighted by molar-refractivity contribution is 6.00. The van der Waals surface area contributed by atoms with Gasteiger partial charge in [-0.15, -0.1) is 6.58 Å². The number of ether oxygens (including phenoxy) is 1. The second kappa shape index (κ2) is 6.75. The minimum Gasteiger partial charge on any atom is -0.512 e. The molecule has 3 atom stereocenters. The molecule has 0 bridgehead atoms. The van der Waals surface area contributed by atoms with Crippen LogP contribution in [0.5, 0.6) is 5.75 Å². The molecule has 0 saturated heterocycles. The second-order valence-electron chi connectivity index (χ2n) is 7.48. The maximum absolute atomic E-state index is 12.8. The summed E-state index contributed by atoms with van der Waals surface area (Å²) in [5, 5.41) is 10.6. The minimum absolute atomic E-state index is 0.0298. The second-order valence-corrected chi connectivity index (χ2v) is 7.48. The average molecular weight is 352 g/mol. The molecule has 26 heavy (non-hydrogen) atoms. The fourth-order valence-corrected chi connectivity index (χ4v) is 4.75. The number of benzene rings is 1. The summed E-state index contributed by atoms with van der Waals surface area (Å²) in [6, 6.07) is 5.87. The van der Waals surface area contributed by atoms with E-state index in [0.29, 0.717) is 37.7 Å². The van der Waals surface area contributed by atoms with Gasteiger partial charge in [-0.2, -0.15) is 0 Å². The maximum Gasteiger partial charge on any atom is 0.162 e. The first-order chi connectivity index (χ1) is 12.6. The van der Waals surface area contributed by atoms with Crippen molar-refractivity contribution in [2.45, 2.75) is 57.0 Å². The van der Waals surface area contributed by atoms with Crippen molar-refractivity contribution in [3.05, 3.63) is 53.3 Å². The van der Waals surface area contributed by atoms with E-state index in [1.54, 1.807) is 0 Å². The van der Waals surface area contributed by atoms with E-state index in [0.717, 1.165) is 29.7 Å². The van der Waals surface area contributed by atoms with E-state index in [4.69, 9.17) is 4.74 Å². The molecule has 4 rings (SSSR count). The van der Waals surface area contributed by atoms with Crippen LogP contribution in [0.2, 0.25) is 0 Å². The van der Waals surface area contributed by atoms with Gasteiger partial charge in [0.15, 0.2) is 5.78 Å². The molecule has 0 unspecified atom stereocenters. The van der Waals surface area contributed by atoms with Crippen molar-refractivity contribution in [2.75, 3.05) is 0 Å².